The van der Waals surface area contributed by atoms with Crippen molar-refractivity contribution in [1.82, 2.24) is 0 Å². The minimum Gasteiger partial charge on any atom is -0.383 e. The average Bonchev–Trinajstić information content (AvgIpc) is 3.31. The molecule has 4 nitrogen and oxygen atoms in total. The normalized spacial score (nSPS) is 21.4. The molecule has 4 heteroatoms. The van der Waals surface area contributed by atoms with E-state index in [2.05, 4.69) is 116 Å². The molecule has 0 saturated heterocycles. The van der Waals surface area contributed by atoms with Gasteiger partial charge in [0, 0.05) is 55.3 Å². The first-order valence-corrected chi connectivity index (χ1v) is 14.7. The summed E-state index contributed by atoms with van der Waals surface area (Å²) < 4.78 is 13.4. The highest BCUT2D eigenvalue weighted by molar-refractivity contribution is 6.03. The van der Waals surface area contributed by atoms with Crippen LogP contribution in [0.3, 0.4) is 0 Å². The van der Waals surface area contributed by atoms with E-state index in [1.54, 1.807) is 14.2 Å². The SMILES string of the molecule is COCCN1C(=CC=C2C=C(C=CC3=[N+](CCOC)c4ccccc4C3(C)C)CCC2)C(C)(C)c2ccccc21. The standard InChI is InChI=1S/C36H45N2O2/c1-35(2)29-14-7-9-16-31(29)37(22-24-39-5)33(35)20-18-27-12-11-13-28(26-27)19-21-34-36(3,4)30-15-8-10-17-32(30)38(34)23-25-40-6/h7-10,14-21,26H,11-13,22-25H2,1-6H3/q+1. The number of anilines is 1. The number of nitrogens with zero attached hydrogens (tertiary/aromatic N) is 2. The van der Waals surface area contributed by atoms with Gasteiger partial charge in [-0.1, -0.05) is 68.5 Å². The predicted octanol–water partition coefficient (Wildman–Crippen LogP) is 7.63. The molecule has 0 N–H and O–H groups in total. The molecule has 0 spiro atoms. The van der Waals surface area contributed by atoms with E-state index in [0.29, 0.717) is 13.2 Å². The highest BCUT2D eigenvalue weighted by atomic mass is 16.5. The highest BCUT2D eigenvalue weighted by Crippen LogP contribution is 2.47. The van der Waals surface area contributed by atoms with Crippen LogP contribution in [0.2, 0.25) is 0 Å². The molecule has 2 aromatic rings. The van der Waals surface area contributed by atoms with Gasteiger partial charge in [-0.2, -0.15) is 4.58 Å². The average molecular weight is 538 g/mol. The Kier molecular flexibility index (Phi) is 8.30. The number of ether oxygens (including phenoxy) is 2. The van der Waals surface area contributed by atoms with Crippen LogP contribution in [0.15, 0.2) is 95.8 Å². The Morgan fingerprint density at radius 1 is 0.825 bits per heavy atom. The molecular weight excluding hydrogens is 492 g/mol. The molecule has 40 heavy (non-hydrogen) atoms. The molecule has 2 aliphatic heterocycles. The van der Waals surface area contributed by atoms with Crippen molar-refractivity contribution in [2.45, 2.75) is 57.8 Å². The van der Waals surface area contributed by atoms with Crippen LogP contribution in [0.1, 0.15) is 58.1 Å². The van der Waals surface area contributed by atoms with Gasteiger partial charge in [-0.3, -0.25) is 0 Å². The van der Waals surface area contributed by atoms with Crippen LogP contribution in [0.4, 0.5) is 11.4 Å². The lowest BCUT2D eigenvalue weighted by atomic mass is 9.81. The lowest BCUT2D eigenvalue weighted by Crippen LogP contribution is -2.28. The Bertz CT molecular complexity index is 1400. The smallest absolute Gasteiger partial charge is 0.209 e. The highest BCUT2D eigenvalue weighted by Gasteiger charge is 2.44. The fraction of sp³-hybridized carbons (Fsp3) is 0.417. The molecule has 5 rings (SSSR count). The molecule has 1 aliphatic carbocycles. The number of methoxy groups -OCH3 is 2. The van der Waals surface area contributed by atoms with Crippen molar-refractivity contribution in [2.75, 3.05) is 45.4 Å². The third-order valence-electron chi connectivity index (χ3n) is 8.85. The van der Waals surface area contributed by atoms with E-state index in [0.717, 1.165) is 25.9 Å². The van der Waals surface area contributed by atoms with Crippen molar-refractivity contribution in [2.24, 2.45) is 0 Å². The van der Waals surface area contributed by atoms with Crippen molar-refractivity contribution >= 4 is 17.1 Å². The molecule has 0 fully saturated rings. The summed E-state index contributed by atoms with van der Waals surface area (Å²) in [5, 5.41) is 0. The van der Waals surface area contributed by atoms with E-state index in [1.165, 1.54) is 51.5 Å². The summed E-state index contributed by atoms with van der Waals surface area (Å²) in [7, 11) is 3.56. The lowest BCUT2D eigenvalue weighted by Gasteiger charge is -2.27. The third-order valence-corrected chi connectivity index (χ3v) is 8.85. The topological polar surface area (TPSA) is 24.7 Å². The molecule has 2 heterocycles. The summed E-state index contributed by atoms with van der Waals surface area (Å²) >= 11 is 0. The summed E-state index contributed by atoms with van der Waals surface area (Å²) in [6.45, 7) is 12.5. The van der Waals surface area contributed by atoms with Crippen LogP contribution < -0.4 is 4.90 Å². The van der Waals surface area contributed by atoms with Gasteiger partial charge in [-0.15, -0.1) is 0 Å². The van der Waals surface area contributed by atoms with Crippen molar-refractivity contribution in [3.05, 3.63) is 107 Å². The summed E-state index contributed by atoms with van der Waals surface area (Å²) in [6, 6.07) is 17.6. The zero-order chi connectivity index (χ0) is 28.3. The predicted molar refractivity (Wildman–Crippen MR) is 167 cm³/mol. The van der Waals surface area contributed by atoms with Gasteiger partial charge in [0.2, 0.25) is 5.69 Å². The van der Waals surface area contributed by atoms with Crippen LogP contribution in [0.25, 0.3) is 0 Å². The number of hydrogen-bond donors (Lipinski definition) is 0. The molecule has 0 atom stereocenters. The molecule has 2 aromatic carbocycles. The molecule has 210 valence electrons. The summed E-state index contributed by atoms with van der Waals surface area (Å²) in [5.74, 6) is 0. The van der Waals surface area contributed by atoms with Gasteiger partial charge in [-0.25, -0.2) is 0 Å². The molecule has 3 aliphatic rings. The zero-order valence-electron chi connectivity index (χ0n) is 25.2. The molecule has 0 aromatic heterocycles. The maximum Gasteiger partial charge on any atom is 0.209 e. The van der Waals surface area contributed by atoms with Crippen molar-refractivity contribution in [3.63, 3.8) is 0 Å². The van der Waals surface area contributed by atoms with E-state index in [4.69, 9.17) is 9.47 Å². The second-order valence-electron chi connectivity index (χ2n) is 12.2. The Morgan fingerprint density at radius 3 is 2.33 bits per heavy atom. The van der Waals surface area contributed by atoms with E-state index < -0.39 is 0 Å². The van der Waals surface area contributed by atoms with E-state index in [1.807, 2.05) is 0 Å². The first-order valence-electron chi connectivity index (χ1n) is 14.7. The molecule has 0 saturated carbocycles. The largest absolute Gasteiger partial charge is 0.383 e. The first kappa shape index (κ1) is 28.3. The van der Waals surface area contributed by atoms with Crippen LogP contribution in [0, 0.1) is 0 Å². The van der Waals surface area contributed by atoms with Gasteiger partial charge in [0.05, 0.1) is 12.0 Å². The monoisotopic (exact) mass is 537 g/mol. The second-order valence-corrected chi connectivity index (χ2v) is 12.2. The summed E-state index contributed by atoms with van der Waals surface area (Å²) in [6.07, 6.45) is 15.2. The van der Waals surface area contributed by atoms with Crippen LogP contribution in [0.5, 0.6) is 0 Å². The molecule has 0 bridgehead atoms. The van der Waals surface area contributed by atoms with Gasteiger partial charge < -0.3 is 14.4 Å². The molecule has 0 amide bonds. The van der Waals surface area contributed by atoms with Gasteiger partial charge in [-0.05, 0) is 62.0 Å². The molecule has 0 unspecified atom stereocenters. The lowest BCUT2D eigenvalue weighted by molar-refractivity contribution is -0.441. The van der Waals surface area contributed by atoms with E-state index in [-0.39, 0.29) is 10.8 Å². The Labute approximate surface area is 241 Å². The van der Waals surface area contributed by atoms with Gasteiger partial charge in [0.1, 0.15) is 6.61 Å². The fourth-order valence-corrected chi connectivity index (χ4v) is 6.64. The maximum absolute atomic E-state index is 5.46. The third kappa shape index (κ3) is 5.27. The second kappa shape index (κ2) is 11.7. The van der Waals surface area contributed by atoms with Crippen LogP contribution >= 0.6 is 0 Å². The summed E-state index contributed by atoms with van der Waals surface area (Å²) in [5.41, 5.74) is 10.7. The van der Waals surface area contributed by atoms with Crippen molar-refractivity contribution in [1.29, 1.82) is 0 Å². The number of allylic oxidation sites excluding steroid dienone is 8. The number of para-hydroxylation sites is 2. The quantitative estimate of drug-likeness (QED) is 0.308. The number of hydrogen-bond acceptors (Lipinski definition) is 3. The van der Waals surface area contributed by atoms with E-state index >= 15 is 0 Å². The number of rotatable bonds is 9. The fourth-order valence-electron chi connectivity index (χ4n) is 6.64. The van der Waals surface area contributed by atoms with Crippen molar-refractivity contribution < 1.29 is 14.0 Å². The first-order chi connectivity index (χ1) is 19.3. The maximum atomic E-state index is 5.46. The molecular formula is C36H45N2O2+. The zero-order valence-corrected chi connectivity index (χ0v) is 25.2. The number of benzene rings is 2. The van der Waals surface area contributed by atoms with Crippen LogP contribution in [-0.2, 0) is 20.3 Å². The number of fused-ring (bicyclic) bond motifs is 2. The minimum absolute atomic E-state index is 0.0477. The minimum atomic E-state index is -0.0477. The summed E-state index contributed by atoms with van der Waals surface area (Å²) in [4.78, 5) is 2.44. The molecule has 0 radical (unpaired) electrons. The van der Waals surface area contributed by atoms with Gasteiger partial charge in [0.25, 0.3) is 0 Å². The Balaban J connectivity index is 1.44. The van der Waals surface area contributed by atoms with Crippen LogP contribution in [-0.4, -0.2) is 50.8 Å². The Morgan fingerprint density at radius 2 is 1.55 bits per heavy atom. The van der Waals surface area contributed by atoms with E-state index in [9.17, 15) is 0 Å². The van der Waals surface area contributed by atoms with Crippen molar-refractivity contribution in [3.8, 4) is 0 Å². The van der Waals surface area contributed by atoms with Gasteiger partial charge >= 0.3 is 0 Å². The Hall–Kier alpha value is -3.21. The van der Waals surface area contributed by atoms with Gasteiger partial charge in [0.15, 0.2) is 12.3 Å².